The number of halogens is 1. The third-order valence-electron chi connectivity index (χ3n) is 4.23. The summed E-state index contributed by atoms with van der Waals surface area (Å²) in [5.41, 5.74) is 6.51. The molecule has 1 saturated heterocycles. The smallest absolute Gasteiger partial charge is 0.369 e. The average molecular weight is 456 g/mol. The van der Waals surface area contributed by atoms with Crippen LogP contribution >= 0.6 is 19.2 Å². The van der Waals surface area contributed by atoms with E-state index < -0.39 is 40.7 Å². The zero-order valence-electron chi connectivity index (χ0n) is 14.7. The van der Waals surface area contributed by atoms with Gasteiger partial charge in [-0.2, -0.15) is 9.97 Å². The Labute approximate surface area is 165 Å². The fraction of sp³-hybridized carbons (Fsp3) is 0.615. The largest absolute Gasteiger partial charge is 0.382 e. The van der Waals surface area contributed by atoms with Crippen molar-refractivity contribution in [1.29, 1.82) is 0 Å². The van der Waals surface area contributed by atoms with Crippen LogP contribution in [0.3, 0.4) is 0 Å². The van der Waals surface area contributed by atoms with Gasteiger partial charge in [0.25, 0.3) is 5.18 Å². The van der Waals surface area contributed by atoms with Crippen molar-refractivity contribution in [3.63, 3.8) is 0 Å². The molecule has 3 unspecified atom stereocenters. The lowest BCUT2D eigenvalue weighted by Gasteiger charge is -2.21. The zero-order valence-corrected chi connectivity index (χ0v) is 17.1. The van der Waals surface area contributed by atoms with Gasteiger partial charge in [-0.05, 0) is 24.4 Å². The first kappa shape index (κ1) is 21.4. The molecular weight excluding hydrogens is 437 g/mol. The van der Waals surface area contributed by atoms with E-state index in [1.54, 1.807) is 4.57 Å². The molecule has 0 amide bonds. The molecule has 2 aromatic heterocycles. The number of nitrogens with zero attached hydrogens (tertiary/aromatic N) is 4. The highest BCUT2D eigenvalue weighted by atomic mass is 35.5. The summed E-state index contributed by atoms with van der Waals surface area (Å²) >= 11 is 5.84. The number of hydrogen-bond donors (Lipinski definition) is 3. The second-order valence-corrected chi connectivity index (χ2v) is 10.8. The SMILES string of the molecule is CCS(=O)(=O)C(OCC1CCC(n2cnc3c(N)nc(Cl)nc32)O1)P(=O)(O)O. The Balaban J connectivity index is 1.72. The maximum atomic E-state index is 11.9. The van der Waals surface area contributed by atoms with Crippen molar-refractivity contribution in [2.24, 2.45) is 0 Å². The monoisotopic (exact) mass is 455 g/mol. The topological polar surface area (TPSA) is 180 Å². The molecule has 0 bridgehead atoms. The minimum Gasteiger partial charge on any atom is -0.382 e. The summed E-state index contributed by atoms with van der Waals surface area (Å²) in [6.07, 6.45) is 1.39. The predicted octanol–water partition coefficient (Wildman–Crippen LogP) is 0.652. The Morgan fingerprint density at radius 2 is 2.18 bits per heavy atom. The normalized spacial score (nSPS) is 22.0. The van der Waals surface area contributed by atoms with Crippen LogP contribution in [0.2, 0.25) is 5.28 Å². The first-order valence-corrected chi connectivity index (χ1v) is 12.0. The molecule has 0 radical (unpaired) electrons. The molecule has 4 N–H and O–H groups in total. The number of fused-ring (bicyclic) bond motifs is 1. The number of sulfone groups is 1. The molecule has 0 saturated carbocycles. The molecule has 156 valence electrons. The lowest BCUT2D eigenvalue weighted by atomic mass is 10.2. The first-order chi connectivity index (χ1) is 13.0. The second kappa shape index (κ2) is 7.82. The summed E-state index contributed by atoms with van der Waals surface area (Å²) in [6.45, 7) is 0.988. The number of anilines is 1. The first-order valence-electron chi connectivity index (χ1n) is 8.22. The Hall–Kier alpha value is -1.34. The van der Waals surface area contributed by atoms with Gasteiger partial charge in [-0.3, -0.25) is 9.13 Å². The minimum absolute atomic E-state index is 0.0427. The maximum Gasteiger partial charge on any atom is 0.369 e. The third-order valence-corrected chi connectivity index (χ3v) is 8.44. The number of aromatic nitrogens is 4. The number of ether oxygens (including phenoxy) is 2. The Morgan fingerprint density at radius 1 is 1.46 bits per heavy atom. The quantitative estimate of drug-likeness (QED) is 0.394. The van der Waals surface area contributed by atoms with Crippen LogP contribution in [-0.4, -0.2) is 61.4 Å². The Kier molecular flexibility index (Phi) is 5.97. The van der Waals surface area contributed by atoms with Gasteiger partial charge in [0.15, 0.2) is 21.3 Å². The van der Waals surface area contributed by atoms with Crippen LogP contribution in [0.25, 0.3) is 11.2 Å². The highest BCUT2D eigenvalue weighted by Gasteiger charge is 2.41. The van der Waals surface area contributed by atoms with Crippen LogP contribution in [0.15, 0.2) is 6.33 Å². The number of nitrogens with two attached hydrogens (primary N) is 1. The van der Waals surface area contributed by atoms with Gasteiger partial charge < -0.3 is 25.0 Å². The second-order valence-electron chi connectivity index (χ2n) is 6.17. The lowest BCUT2D eigenvalue weighted by molar-refractivity contribution is -0.0390. The molecule has 15 heteroatoms. The van der Waals surface area contributed by atoms with Crippen molar-refractivity contribution in [1.82, 2.24) is 19.5 Å². The van der Waals surface area contributed by atoms with E-state index in [1.165, 1.54) is 13.3 Å². The van der Waals surface area contributed by atoms with Crippen molar-refractivity contribution in [3.05, 3.63) is 11.6 Å². The van der Waals surface area contributed by atoms with E-state index in [0.717, 1.165) is 0 Å². The molecule has 1 aliphatic heterocycles. The van der Waals surface area contributed by atoms with Crippen molar-refractivity contribution >= 4 is 46.0 Å². The highest BCUT2D eigenvalue weighted by Crippen LogP contribution is 2.45. The average Bonchev–Trinajstić information content (AvgIpc) is 3.20. The molecule has 3 heterocycles. The molecule has 3 rings (SSSR count). The van der Waals surface area contributed by atoms with E-state index in [0.29, 0.717) is 24.0 Å². The Bertz CT molecular complexity index is 1030. The van der Waals surface area contributed by atoms with E-state index in [4.69, 9.17) is 26.8 Å². The predicted molar refractivity (Wildman–Crippen MR) is 99.1 cm³/mol. The van der Waals surface area contributed by atoms with Gasteiger partial charge in [0.2, 0.25) is 5.28 Å². The van der Waals surface area contributed by atoms with Crippen molar-refractivity contribution in [2.45, 2.75) is 37.3 Å². The summed E-state index contributed by atoms with van der Waals surface area (Å²) in [5, 5.41) is -2.26. The molecule has 1 fully saturated rings. The number of nitrogen functional groups attached to an aromatic ring is 1. The van der Waals surface area contributed by atoms with Crippen LogP contribution < -0.4 is 5.73 Å². The lowest BCUT2D eigenvalue weighted by Crippen LogP contribution is -2.30. The van der Waals surface area contributed by atoms with E-state index in [1.807, 2.05) is 0 Å². The fourth-order valence-corrected chi connectivity index (χ4v) is 6.02. The standard InChI is InChI=1S/C13H19ClN5O7PS/c1-2-28(23,24)13(27(20,21)22)25-5-7-3-4-8(26-7)19-6-16-9-10(15)17-12(14)18-11(9)19/h6-8,13H,2-5H2,1H3,(H2,15,17,18)(H2,20,21,22). The van der Waals surface area contributed by atoms with E-state index in [2.05, 4.69) is 15.0 Å². The van der Waals surface area contributed by atoms with Gasteiger partial charge in [-0.1, -0.05) is 6.92 Å². The number of rotatable bonds is 7. The van der Waals surface area contributed by atoms with E-state index >= 15 is 0 Å². The summed E-state index contributed by atoms with van der Waals surface area (Å²) in [5.74, 6) is -0.333. The highest BCUT2D eigenvalue weighted by molar-refractivity contribution is 7.98. The summed E-state index contributed by atoms with van der Waals surface area (Å²) < 4.78 is 47.8. The van der Waals surface area contributed by atoms with Crippen molar-refractivity contribution < 1.29 is 32.2 Å². The van der Waals surface area contributed by atoms with E-state index in [9.17, 15) is 22.8 Å². The van der Waals surface area contributed by atoms with Gasteiger partial charge in [0, 0.05) is 0 Å². The van der Waals surface area contributed by atoms with E-state index in [-0.39, 0.29) is 17.7 Å². The van der Waals surface area contributed by atoms with Gasteiger partial charge in [0.1, 0.15) is 11.7 Å². The van der Waals surface area contributed by atoms with Crippen LogP contribution in [0.4, 0.5) is 5.82 Å². The van der Waals surface area contributed by atoms with Crippen LogP contribution in [0.5, 0.6) is 0 Å². The molecule has 12 nitrogen and oxygen atoms in total. The minimum atomic E-state index is -5.00. The molecule has 28 heavy (non-hydrogen) atoms. The fourth-order valence-electron chi connectivity index (χ4n) is 2.88. The number of hydrogen-bond acceptors (Lipinski definition) is 9. The van der Waals surface area contributed by atoms with Crippen molar-refractivity contribution in [3.8, 4) is 0 Å². The molecule has 0 aromatic carbocycles. The molecule has 0 aliphatic carbocycles. The molecule has 1 aliphatic rings. The third kappa shape index (κ3) is 4.30. The summed E-state index contributed by atoms with van der Waals surface area (Å²) in [7, 11) is -9.11. The molecule has 3 atom stereocenters. The maximum absolute atomic E-state index is 11.9. The van der Waals surface area contributed by atoms with Gasteiger partial charge in [0.05, 0.1) is 24.8 Å². The molecule has 2 aromatic rings. The zero-order chi connectivity index (χ0) is 20.7. The van der Waals surface area contributed by atoms with Crippen LogP contribution in [-0.2, 0) is 23.9 Å². The Morgan fingerprint density at radius 3 is 2.82 bits per heavy atom. The van der Waals surface area contributed by atoms with Crippen LogP contribution in [0, 0.1) is 0 Å². The van der Waals surface area contributed by atoms with Gasteiger partial charge in [-0.25, -0.2) is 13.4 Å². The molecule has 0 spiro atoms. The summed E-state index contributed by atoms with van der Waals surface area (Å²) in [4.78, 5) is 30.7. The van der Waals surface area contributed by atoms with Crippen LogP contribution in [0.1, 0.15) is 26.0 Å². The van der Waals surface area contributed by atoms with Crippen molar-refractivity contribution in [2.75, 3.05) is 18.1 Å². The molecular formula is C13H19ClN5O7PS. The number of imidazole rings is 1. The summed E-state index contributed by atoms with van der Waals surface area (Å²) in [6, 6.07) is 0. The van der Waals surface area contributed by atoms with Gasteiger partial charge in [-0.15, -0.1) is 0 Å². The van der Waals surface area contributed by atoms with Gasteiger partial charge >= 0.3 is 7.60 Å².